The summed E-state index contributed by atoms with van der Waals surface area (Å²) in [5.41, 5.74) is 1.81. The van der Waals surface area contributed by atoms with Gasteiger partial charge in [0.1, 0.15) is 10.7 Å². The second kappa shape index (κ2) is 3.22. The van der Waals surface area contributed by atoms with Crippen LogP contribution in [0, 0.1) is 0 Å². The van der Waals surface area contributed by atoms with Crippen LogP contribution in [-0.2, 0) is 16.5 Å². The molecule has 0 bridgehead atoms. The molecule has 13 heavy (non-hydrogen) atoms. The zero-order chi connectivity index (χ0) is 9.26. The normalized spacial score (nSPS) is 11.2. The Morgan fingerprint density at radius 2 is 2.08 bits per heavy atom. The van der Waals surface area contributed by atoms with Crippen LogP contribution in [0.4, 0.5) is 0 Å². The predicted octanol–water partition coefficient (Wildman–Crippen LogP) is 1.28. The average molecular weight is 195 g/mol. The second-order valence-corrected chi connectivity index (χ2v) is 3.87. The lowest BCUT2D eigenvalue weighted by atomic mass is 10.2. The fourth-order valence-corrected chi connectivity index (χ4v) is 1.84. The van der Waals surface area contributed by atoms with E-state index in [-0.39, 0.29) is 5.75 Å². The van der Waals surface area contributed by atoms with Crippen molar-refractivity contribution < 1.29 is 8.42 Å². The monoisotopic (exact) mass is 195 g/mol. The molecule has 0 radical (unpaired) electrons. The number of H-pyrrole nitrogens is 1. The fourth-order valence-electron chi connectivity index (χ4n) is 1.34. The molecule has 68 valence electrons. The summed E-state index contributed by atoms with van der Waals surface area (Å²) in [5.74, 6) is 0.115. The minimum atomic E-state index is -2.33. The van der Waals surface area contributed by atoms with Gasteiger partial charge in [0.05, 0.1) is 5.75 Å². The number of benzene rings is 1. The highest BCUT2D eigenvalue weighted by Gasteiger charge is 1.97. The van der Waals surface area contributed by atoms with Crippen molar-refractivity contribution in [2.45, 2.75) is 5.75 Å². The van der Waals surface area contributed by atoms with Crippen LogP contribution < -0.4 is 0 Å². The van der Waals surface area contributed by atoms with Gasteiger partial charge in [0.25, 0.3) is 0 Å². The maximum Gasteiger partial charge on any atom is 0.144 e. The smallest absolute Gasteiger partial charge is 0.144 e. The summed E-state index contributed by atoms with van der Waals surface area (Å²) in [4.78, 5) is 3.04. The lowest BCUT2D eigenvalue weighted by Gasteiger charge is -1.94. The van der Waals surface area contributed by atoms with E-state index in [1.54, 1.807) is 0 Å². The molecule has 1 N–H and O–H groups in total. The van der Waals surface area contributed by atoms with Crippen molar-refractivity contribution in [3.63, 3.8) is 0 Å². The zero-order valence-corrected chi connectivity index (χ0v) is 7.75. The molecule has 0 aliphatic rings. The summed E-state index contributed by atoms with van der Waals surface area (Å²) < 4.78 is 20.9. The van der Waals surface area contributed by atoms with Crippen LogP contribution in [-0.4, -0.2) is 13.4 Å². The molecule has 1 aromatic heterocycles. The maximum absolute atomic E-state index is 10.5. The molecule has 0 saturated heterocycles. The molecule has 1 aromatic carbocycles. The molecular formula is C9H9NO2S. The predicted molar refractivity (Wildman–Crippen MR) is 52.3 cm³/mol. The minimum Gasteiger partial charge on any atom is -0.361 e. The summed E-state index contributed by atoms with van der Waals surface area (Å²) in [6, 6.07) is 7.57. The lowest BCUT2D eigenvalue weighted by molar-refractivity contribution is 0.614. The number of hydrogen-bond acceptors (Lipinski definition) is 2. The number of fused-ring (bicyclic) bond motifs is 1. The molecule has 0 spiro atoms. The van der Waals surface area contributed by atoms with E-state index in [2.05, 4.69) is 4.98 Å². The highest BCUT2D eigenvalue weighted by molar-refractivity contribution is 7.71. The number of aromatic nitrogens is 1. The molecule has 2 aromatic rings. The molecule has 0 unspecified atom stereocenters. The summed E-state index contributed by atoms with van der Waals surface area (Å²) in [5, 5.41) is 1.10. The van der Waals surface area contributed by atoms with Crippen molar-refractivity contribution in [3.8, 4) is 0 Å². The van der Waals surface area contributed by atoms with E-state index in [4.69, 9.17) is 0 Å². The number of thiol groups is 1. The number of aromatic amines is 1. The van der Waals surface area contributed by atoms with Gasteiger partial charge in [-0.05, 0) is 23.1 Å². The van der Waals surface area contributed by atoms with Crippen LogP contribution in [0.15, 0.2) is 30.5 Å². The molecule has 0 atom stereocenters. The first-order valence-corrected chi connectivity index (χ1v) is 5.30. The number of rotatable bonds is 2. The Morgan fingerprint density at radius 1 is 1.23 bits per heavy atom. The van der Waals surface area contributed by atoms with Crippen LogP contribution in [0.5, 0.6) is 0 Å². The van der Waals surface area contributed by atoms with Crippen molar-refractivity contribution in [2.75, 3.05) is 0 Å². The van der Waals surface area contributed by atoms with Gasteiger partial charge in [0.2, 0.25) is 0 Å². The Bertz CT molecular complexity index is 491. The zero-order valence-electron chi connectivity index (χ0n) is 6.86. The van der Waals surface area contributed by atoms with E-state index in [0.29, 0.717) is 0 Å². The largest absolute Gasteiger partial charge is 0.361 e. The Hall–Kier alpha value is -1.29. The Labute approximate surface area is 77.3 Å². The summed E-state index contributed by atoms with van der Waals surface area (Å²) >= 11 is 0. The van der Waals surface area contributed by atoms with E-state index in [1.807, 2.05) is 30.5 Å². The van der Waals surface area contributed by atoms with Gasteiger partial charge in [0, 0.05) is 11.7 Å². The third kappa shape index (κ3) is 1.72. The van der Waals surface area contributed by atoms with Gasteiger partial charge in [-0.1, -0.05) is 12.1 Å². The third-order valence-corrected chi connectivity index (χ3v) is 2.55. The molecule has 3 nitrogen and oxygen atoms in total. The van der Waals surface area contributed by atoms with Crippen LogP contribution >= 0.6 is 0 Å². The van der Waals surface area contributed by atoms with Crippen molar-refractivity contribution in [3.05, 3.63) is 36.0 Å². The van der Waals surface area contributed by atoms with Gasteiger partial charge >= 0.3 is 0 Å². The van der Waals surface area contributed by atoms with Crippen LogP contribution in [0.1, 0.15) is 5.56 Å². The van der Waals surface area contributed by atoms with Crippen molar-refractivity contribution in [2.24, 2.45) is 0 Å². The standard InChI is InChI=1S/C9H9NO2S/c11-13(12)6-7-1-2-8-3-4-10-9(8)5-7/h1-5,10,13H,6H2. The average Bonchev–Trinajstić information content (AvgIpc) is 2.49. The van der Waals surface area contributed by atoms with Crippen LogP contribution in [0.3, 0.4) is 0 Å². The van der Waals surface area contributed by atoms with Crippen molar-refractivity contribution >= 4 is 21.6 Å². The first kappa shape index (κ1) is 8.31. The Morgan fingerprint density at radius 3 is 2.85 bits per heavy atom. The fraction of sp³-hybridized carbons (Fsp3) is 0.111. The van der Waals surface area contributed by atoms with Gasteiger partial charge in [0.15, 0.2) is 0 Å². The molecular weight excluding hydrogens is 186 g/mol. The number of nitrogens with one attached hydrogen (secondary N) is 1. The molecule has 2 rings (SSSR count). The minimum absolute atomic E-state index is 0.115. The summed E-state index contributed by atoms with van der Waals surface area (Å²) in [6.45, 7) is 0. The summed E-state index contributed by atoms with van der Waals surface area (Å²) in [7, 11) is -2.33. The Kier molecular flexibility index (Phi) is 2.06. The molecule has 0 fully saturated rings. The van der Waals surface area contributed by atoms with Gasteiger partial charge < -0.3 is 4.98 Å². The highest BCUT2D eigenvalue weighted by atomic mass is 32.2. The summed E-state index contributed by atoms with van der Waals surface area (Å²) in [6.07, 6.45) is 1.84. The first-order valence-electron chi connectivity index (χ1n) is 3.93. The first-order chi connectivity index (χ1) is 6.25. The van der Waals surface area contributed by atoms with Crippen LogP contribution in [0.2, 0.25) is 0 Å². The SMILES string of the molecule is O=[SH](=O)Cc1ccc2cc[nH]c2c1. The Balaban J connectivity index is 2.48. The molecule has 0 aliphatic carbocycles. The van der Waals surface area contributed by atoms with Crippen molar-refractivity contribution in [1.82, 2.24) is 4.98 Å². The second-order valence-electron chi connectivity index (χ2n) is 2.89. The van der Waals surface area contributed by atoms with E-state index >= 15 is 0 Å². The lowest BCUT2D eigenvalue weighted by Crippen LogP contribution is -1.85. The van der Waals surface area contributed by atoms with Crippen molar-refractivity contribution in [1.29, 1.82) is 0 Å². The molecule has 0 aliphatic heterocycles. The van der Waals surface area contributed by atoms with Gasteiger partial charge in [-0.2, -0.15) is 0 Å². The van der Waals surface area contributed by atoms with E-state index in [0.717, 1.165) is 16.5 Å². The van der Waals surface area contributed by atoms with E-state index < -0.39 is 10.7 Å². The van der Waals surface area contributed by atoms with Gasteiger partial charge in [-0.15, -0.1) is 0 Å². The number of hydrogen-bond donors (Lipinski definition) is 2. The maximum atomic E-state index is 10.5. The quantitative estimate of drug-likeness (QED) is 0.709. The van der Waals surface area contributed by atoms with Gasteiger partial charge in [-0.25, -0.2) is 8.42 Å². The molecule has 4 heteroatoms. The molecule has 0 saturated carbocycles. The van der Waals surface area contributed by atoms with Gasteiger partial charge in [-0.3, -0.25) is 0 Å². The highest BCUT2D eigenvalue weighted by Crippen LogP contribution is 2.14. The molecule has 1 heterocycles. The third-order valence-electron chi connectivity index (χ3n) is 1.93. The van der Waals surface area contributed by atoms with Crippen LogP contribution in [0.25, 0.3) is 10.9 Å². The van der Waals surface area contributed by atoms with E-state index in [1.165, 1.54) is 0 Å². The molecule has 0 amide bonds. The van der Waals surface area contributed by atoms with E-state index in [9.17, 15) is 8.42 Å². The topological polar surface area (TPSA) is 49.9 Å².